The van der Waals surface area contributed by atoms with Crippen LogP contribution in [0.4, 0.5) is 8.78 Å². The number of carbonyl (C=O) groups excluding carboxylic acids is 1. The SMILES string of the molecule is COC(=O)Cc1nc(C(F)F)c(O)cc1C. The van der Waals surface area contributed by atoms with Gasteiger partial charge in [0.25, 0.3) is 6.43 Å². The van der Waals surface area contributed by atoms with Crippen molar-refractivity contribution < 1.29 is 23.4 Å². The number of carbonyl (C=O) groups is 1. The Kier molecular flexibility index (Phi) is 3.76. The second kappa shape index (κ2) is 4.87. The van der Waals surface area contributed by atoms with Crippen LogP contribution in [-0.2, 0) is 16.0 Å². The Labute approximate surface area is 90.9 Å². The minimum absolute atomic E-state index is 0.181. The zero-order valence-corrected chi connectivity index (χ0v) is 8.83. The Balaban J connectivity index is 3.09. The second-order valence-corrected chi connectivity index (χ2v) is 3.21. The Hall–Kier alpha value is -1.72. The van der Waals surface area contributed by atoms with E-state index in [2.05, 4.69) is 9.72 Å². The van der Waals surface area contributed by atoms with Crippen molar-refractivity contribution in [1.82, 2.24) is 4.98 Å². The van der Waals surface area contributed by atoms with Crippen LogP contribution in [0.25, 0.3) is 0 Å². The van der Waals surface area contributed by atoms with Gasteiger partial charge in [-0.15, -0.1) is 0 Å². The van der Waals surface area contributed by atoms with Gasteiger partial charge < -0.3 is 9.84 Å². The number of hydrogen-bond donors (Lipinski definition) is 1. The van der Waals surface area contributed by atoms with E-state index in [0.717, 1.165) is 6.07 Å². The van der Waals surface area contributed by atoms with Crippen LogP contribution in [0.3, 0.4) is 0 Å². The first-order valence-corrected chi connectivity index (χ1v) is 4.50. The molecule has 1 heterocycles. The van der Waals surface area contributed by atoms with E-state index < -0.39 is 23.8 Å². The molecule has 88 valence electrons. The number of hydrogen-bond acceptors (Lipinski definition) is 4. The molecule has 0 atom stereocenters. The van der Waals surface area contributed by atoms with Crippen LogP contribution in [-0.4, -0.2) is 23.2 Å². The molecule has 0 aliphatic heterocycles. The van der Waals surface area contributed by atoms with Crippen molar-refractivity contribution in [2.24, 2.45) is 0 Å². The normalized spacial score (nSPS) is 10.6. The minimum Gasteiger partial charge on any atom is -0.506 e. The lowest BCUT2D eigenvalue weighted by molar-refractivity contribution is -0.139. The van der Waals surface area contributed by atoms with Gasteiger partial charge in [0, 0.05) is 0 Å². The van der Waals surface area contributed by atoms with Crippen molar-refractivity contribution in [3.05, 3.63) is 23.0 Å². The number of rotatable bonds is 3. The summed E-state index contributed by atoms with van der Waals surface area (Å²) in [6.45, 7) is 1.57. The predicted octanol–water partition coefficient (Wildman–Crippen LogP) is 1.75. The monoisotopic (exact) mass is 231 g/mol. The van der Waals surface area contributed by atoms with Crippen LogP contribution in [0.5, 0.6) is 5.75 Å². The molecule has 1 aromatic heterocycles. The molecule has 1 aromatic rings. The molecule has 0 bridgehead atoms. The average Bonchev–Trinajstić information content (AvgIpc) is 2.21. The van der Waals surface area contributed by atoms with E-state index >= 15 is 0 Å². The van der Waals surface area contributed by atoms with E-state index in [9.17, 15) is 18.7 Å². The number of pyridine rings is 1. The molecule has 6 heteroatoms. The highest BCUT2D eigenvalue weighted by Crippen LogP contribution is 2.28. The molecule has 0 saturated carbocycles. The number of aromatic nitrogens is 1. The maximum absolute atomic E-state index is 12.4. The number of esters is 1. The van der Waals surface area contributed by atoms with Crippen molar-refractivity contribution in [2.45, 2.75) is 19.8 Å². The molecule has 0 aliphatic rings. The molecule has 0 fully saturated rings. The van der Waals surface area contributed by atoms with Crippen LogP contribution >= 0.6 is 0 Å². The predicted molar refractivity (Wildman–Crippen MR) is 51.3 cm³/mol. The topological polar surface area (TPSA) is 59.4 Å². The Morgan fingerprint density at radius 1 is 1.62 bits per heavy atom. The van der Waals surface area contributed by atoms with Gasteiger partial charge in [-0.3, -0.25) is 4.79 Å². The number of methoxy groups -OCH3 is 1. The molecule has 4 nitrogen and oxygen atoms in total. The maximum Gasteiger partial charge on any atom is 0.311 e. The highest BCUT2D eigenvalue weighted by molar-refractivity contribution is 5.72. The lowest BCUT2D eigenvalue weighted by Crippen LogP contribution is -2.09. The van der Waals surface area contributed by atoms with Crippen LogP contribution in [0.15, 0.2) is 6.07 Å². The Morgan fingerprint density at radius 3 is 2.75 bits per heavy atom. The number of halogens is 2. The van der Waals surface area contributed by atoms with Gasteiger partial charge in [-0.1, -0.05) is 0 Å². The quantitative estimate of drug-likeness (QED) is 0.805. The fourth-order valence-corrected chi connectivity index (χ4v) is 1.20. The molecule has 0 unspecified atom stereocenters. The Bertz CT molecular complexity index is 407. The van der Waals surface area contributed by atoms with Crippen molar-refractivity contribution in [1.29, 1.82) is 0 Å². The minimum atomic E-state index is -2.88. The van der Waals surface area contributed by atoms with E-state index in [4.69, 9.17) is 0 Å². The van der Waals surface area contributed by atoms with E-state index in [-0.39, 0.29) is 12.1 Å². The molecule has 0 radical (unpaired) electrons. The first-order chi connectivity index (χ1) is 7.45. The maximum atomic E-state index is 12.4. The first kappa shape index (κ1) is 12.4. The van der Waals surface area contributed by atoms with Gasteiger partial charge in [0.15, 0.2) is 0 Å². The van der Waals surface area contributed by atoms with Gasteiger partial charge in [0.1, 0.15) is 11.4 Å². The molecule has 0 spiro atoms. The second-order valence-electron chi connectivity index (χ2n) is 3.21. The van der Waals surface area contributed by atoms with Crippen molar-refractivity contribution in [3.8, 4) is 5.75 Å². The summed E-state index contributed by atoms with van der Waals surface area (Å²) in [5.74, 6) is -1.14. The van der Waals surface area contributed by atoms with Gasteiger partial charge in [0.05, 0.1) is 19.2 Å². The van der Waals surface area contributed by atoms with Crippen molar-refractivity contribution >= 4 is 5.97 Å². The molecule has 0 saturated heterocycles. The molecule has 1 N–H and O–H groups in total. The third-order valence-corrected chi connectivity index (χ3v) is 2.07. The van der Waals surface area contributed by atoms with Gasteiger partial charge in [0.2, 0.25) is 0 Å². The van der Waals surface area contributed by atoms with Gasteiger partial charge in [-0.25, -0.2) is 13.8 Å². The lowest BCUT2D eigenvalue weighted by atomic mass is 10.1. The largest absolute Gasteiger partial charge is 0.506 e. The molecular formula is C10H11F2NO3. The van der Waals surface area contributed by atoms with Crippen molar-refractivity contribution in [3.63, 3.8) is 0 Å². The summed E-state index contributed by atoms with van der Waals surface area (Å²) in [4.78, 5) is 14.5. The molecule has 0 aliphatic carbocycles. The van der Waals surface area contributed by atoms with E-state index in [1.54, 1.807) is 6.92 Å². The number of aryl methyl sites for hydroxylation is 1. The highest BCUT2D eigenvalue weighted by Gasteiger charge is 2.18. The fourth-order valence-electron chi connectivity index (χ4n) is 1.20. The van der Waals surface area contributed by atoms with Gasteiger partial charge in [-0.05, 0) is 18.6 Å². The third-order valence-electron chi connectivity index (χ3n) is 2.07. The third kappa shape index (κ3) is 2.65. The van der Waals surface area contributed by atoms with Crippen LogP contribution in [0.2, 0.25) is 0 Å². The summed E-state index contributed by atoms with van der Waals surface area (Å²) in [7, 11) is 1.20. The van der Waals surface area contributed by atoms with Crippen LogP contribution in [0.1, 0.15) is 23.4 Å². The van der Waals surface area contributed by atoms with Crippen LogP contribution < -0.4 is 0 Å². The van der Waals surface area contributed by atoms with E-state index in [1.807, 2.05) is 0 Å². The number of ether oxygens (including phenoxy) is 1. The number of nitrogens with zero attached hydrogens (tertiary/aromatic N) is 1. The smallest absolute Gasteiger partial charge is 0.311 e. The fraction of sp³-hybridized carbons (Fsp3) is 0.400. The standard InChI is InChI=1S/C10H11F2NO3/c1-5-3-7(14)9(10(11)12)13-6(5)4-8(15)16-2/h3,10,14H,4H2,1-2H3. The summed E-state index contributed by atoms with van der Waals surface area (Å²) < 4.78 is 29.3. The summed E-state index contributed by atoms with van der Waals surface area (Å²) in [5.41, 5.74) is -0.0725. The number of alkyl halides is 2. The van der Waals surface area contributed by atoms with E-state index in [1.165, 1.54) is 7.11 Å². The van der Waals surface area contributed by atoms with Gasteiger partial charge in [-0.2, -0.15) is 0 Å². The molecule has 0 amide bonds. The lowest BCUT2D eigenvalue weighted by Gasteiger charge is -2.08. The average molecular weight is 231 g/mol. The zero-order valence-electron chi connectivity index (χ0n) is 8.83. The molecule has 0 aromatic carbocycles. The number of aromatic hydroxyl groups is 1. The zero-order chi connectivity index (χ0) is 12.3. The summed E-state index contributed by atoms with van der Waals surface area (Å²) in [5, 5.41) is 9.22. The summed E-state index contributed by atoms with van der Waals surface area (Å²) in [6.07, 6.45) is -3.07. The van der Waals surface area contributed by atoms with E-state index in [0.29, 0.717) is 5.56 Å². The highest BCUT2D eigenvalue weighted by atomic mass is 19.3. The molecule has 1 rings (SSSR count). The van der Waals surface area contributed by atoms with Gasteiger partial charge >= 0.3 is 5.97 Å². The molecular weight excluding hydrogens is 220 g/mol. The van der Waals surface area contributed by atoms with Crippen molar-refractivity contribution in [2.75, 3.05) is 7.11 Å². The Morgan fingerprint density at radius 2 is 2.25 bits per heavy atom. The summed E-state index contributed by atoms with van der Waals surface area (Å²) in [6, 6.07) is 1.16. The summed E-state index contributed by atoms with van der Waals surface area (Å²) >= 11 is 0. The molecule has 16 heavy (non-hydrogen) atoms. The first-order valence-electron chi connectivity index (χ1n) is 4.50. The van der Waals surface area contributed by atoms with Crippen LogP contribution in [0, 0.1) is 6.92 Å².